The van der Waals surface area contributed by atoms with Crippen LogP contribution in [0.25, 0.3) is 10.9 Å². The Balaban J connectivity index is 1.79. The number of benzene rings is 2. The molecule has 0 saturated heterocycles. The van der Waals surface area contributed by atoms with Crippen LogP contribution in [0.4, 0.5) is 4.79 Å². The summed E-state index contributed by atoms with van der Waals surface area (Å²) >= 11 is 0. The van der Waals surface area contributed by atoms with Crippen molar-refractivity contribution in [3.05, 3.63) is 71.9 Å². The molecule has 2 amide bonds. The topological polar surface area (TPSA) is 127 Å². The third-order valence-corrected chi connectivity index (χ3v) is 10.8. The molecule has 3 rings (SSSR count). The second kappa shape index (κ2) is 17.1. The van der Waals surface area contributed by atoms with Gasteiger partial charge in [0, 0.05) is 46.1 Å². The van der Waals surface area contributed by atoms with Crippen LogP contribution in [0.1, 0.15) is 30.4 Å². The number of aromatic amines is 1. The Morgan fingerprint density at radius 3 is 2.11 bits per heavy atom. The Morgan fingerprint density at radius 1 is 0.804 bits per heavy atom. The minimum Gasteiger partial charge on any atom is -0.464 e. The first-order valence-corrected chi connectivity index (χ1v) is 23.3. The first-order valence-electron chi connectivity index (χ1n) is 15.9. The molecule has 0 aliphatic carbocycles. The number of H-pyrrole nitrogens is 1. The molecule has 2 N–H and O–H groups in total. The quantitative estimate of drug-likeness (QED) is 0.0755. The Labute approximate surface area is 274 Å². The van der Waals surface area contributed by atoms with Gasteiger partial charge >= 0.3 is 18.0 Å². The van der Waals surface area contributed by atoms with Crippen LogP contribution in [-0.2, 0) is 41.6 Å². The summed E-state index contributed by atoms with van der Waals surface area (Å²) in [4.78, 5) is 56.3. The molecule has 0 spiro atoms. The summed E-state index contributed by atoms with van der Waals surface area (Å²) < 4.78 is 16.5. The van der Waals surface area contributed by atoms with Gasteiger partial charge in [-0.3, -0.25) is 9.59 Å². The zero-order valence-corrected chi connectivity index (χ0v) is 30.0. The maximum Gasteiger partial charge on any atom is 0.426 e. The molecule has 1 heterocycles. The molecule has 0 radical (unpaired) electrons. The van der Waals surface area contributed by atoms with Crippen molar-refractivity contribution >= 4 is 51.0 Å². The summed E-state index contributed by atoms with van der Waals surface area (Å²) in [6, 6.07) is 17.2. The number of amides is 2. The molecule has 250 valence electrons. The van der Waals surface area contributed by atoms with E-state index in [-0.39, 0.29) is 39.1 Å². The Kier molecular flexibility index (Phi) is 13.6. The lowest BCUT2D eigenvalue weighted by Crippen LogP contribution is -2.55. The molecule has 0 unspecified atom stereocenters. The maximum atomic E-state index is 13.8. The van der Waals surface area contributed by atoms with Gasteiger partial charge in [0.1, 0.15) is 6.61 Å². The average Bonchev–Trinajstić information content (AvgIpc) is 3.40. The standard InChI is InChI=1S/C34H49N3O7Si2/c1-45(2,3)22-20-42-33(40)30(17-19-32(39)44-25-26-12-8-7-9-13-26)37(36-34(41)43-21-23-46(4,5)6)31(38)18-16-27-24-35-29-15-11-10-14-28(27)29/h7-15,24,30,35H,16-23,25H2,1-6H3,(H,36,41)/t30-/m0/s1. The van der Waals surface area contributed by atoms with E-state index in [2.05, 4.69) is 49.7 Å². The first-order chi connectivity index (χ1) is 21.7. The third kappa shape index (κ3) is 12.8. The highest BCUT2D eigenvalue weighted by Gasteiger charge is 2.34. The average molecular weight is 668 g/mol. The van der Waals surface area contributed by atoms with E-state index in [0.717, 1.165) is 39.1 Å². The van der Waals surface area contributed by atoms with Crippen molar-refractivity contribution in [1.29, 1.82) is 0 Å². The number of hydrazine groups is 1. The molecule has 0 aliphatic heterocycles. The number of hydrogen-bond donors (Lipinski definition) is 2. The number of nitrogens with one attached hydrogen (secondary N) is 2. The predicted molar refractivity (Wildman–Crippen MR) is 184 cm³/mol. The Hall–Kier alpha value is -3.91. The minimum absolute atomic E-state index is 0.00578. The highest BCUT2D eigenvalue weighted by Crippen LogP contribution is 2.20. The summed E-state index contributed by atoms with van der Waals surface area (Å²) in [7, 11) is -3.02. The van der Waals surface area contributed by atoms with E-state index in [1.807, 2.05) is 60.8 Å². The van der Waals surface area contributed by atoms with Crippen LogP contribution in [-0.4, -0.2) is 69.3 Å². The normalized spacial score (nSPS) is 12.3. The monoisotopic (exact) mass is 667 g/mol. The molecular weight excluding hydrogens is 619 g/mol. The highest BCUT2D eigenvalue weighted by atomic mass is 28.3. The summed E-state index contributed by atoms with van der Waals surface area (Å²) in [5.74, 6) is -1.73. The molecule has 10 nitrogen and oxygen atoms in total. The summed E-state index contributed by atoms with van der Waals surface area (Å²) in [5.41, 5.74) is 5.23. The van der Waals surface area contributed by atoms with Gasteiger partial charge in [0.05, 0.1) is 13.2 Å². The van der Waals surface area contributed by atoms with Gasteiger partial charge in [0.2, 0.25) is 5.91 Å². The number of hydrogen-bond acceptors (Lipinski definition) is 7. The number of ether oxygens (including phenoxy) is 3. The van der Waals surface area contributed by atoms with E-state index in [1.165, 1.54) is 0 Å². The van der Waals surface area contributed by atoms with Crippen molar-refractivity contribution in [1.82, 2.24) is 15.4 Å². The fraction of sp³-hybridized carbons (Fsp3) is 0.471. The highest BCUT2D eigenvalue weighted by molar-refractivity contribution is 6.76. The first kappa shape index (κ1) is 36.6. The number of aryl methyl sites for hydroxylation is 1. The van der Waals surface area contributed by atoms with Gasteiger partial charge in [-0.25, -0.2) is 20.0 Å². The van der Waals surface area contributed by atoms with Gasteiger partial charge < -0.3 is 19.2 Å². The van der Waals surface area contributed by atoms with Crippen LogP contribution >= 0.6 is 0 Å². The number of aromatic nitrogens is 1. The van der Waals surface area contributed by atoms with Crippen molar-refractivity contribution in [2.75, 3.05) is 13.2 Å². The molecular formula is C34H49N3O7Si2. The van der Waals surface area contributed by atoms with Gasteiger partial charge in [-0.2, -0.15) is 0 Å². The molecule has 1 atom stereocenters. The lowest BCUT2D eigenvalue weighted by atomic mass is 10.1. The van der Waals surface area contributed by atoms with Crippen molar-refractivity contribution in [3.8, 4) is 0 Å². The van der Waals surface area contributed by atoms with Crippen LogP contribution in [0.2, 0.25) is 51.4 Å². The number of esters is 2. The minimum atomic E-state index is -1.53. The van der Waals surface area contributed by atoms with Crippen LogP contribution in [0, 0.1) is 0 Å². The molecule has 0 bridgehead atoms. The van der Waals surface area contributed by atoms with E-state index in [1.54, 1.807) is 0 Å². The van der Waals surface area contributed by atoms with Gasteiger partial charge in [-0.15, -0.1) is 0 Å². The fourth-order valence-corrected chi connectivity index (χ4v) is 6.00. The number of rotatable bonds is 16. The second-order valence-corrected chi connectivity index (χ2v) is 25.1. The summed E-state index contributed by atoms with van der Waals surface area (Å²) in [6.45, 7) is 13.4. The third-order valence-electron chi connectivity index (χ3n) is 7.39. The summed E-state index contributed by atoms with van der Waals surface area (Å²) in [6.07, 6.45) is 1.10. The van der Waals surface area contributed by atoms with Crippen molar-refractivity contribution in [2.24, 2.45) is 0 Å². The molecule has 0 aliphatic rings. The predicted octanol–water partition coefficient (Wildman–Crippen LogP) is 6.68. The lowest BCUT2D eigenvalue weighted by Gasteiger charge is -2.30. The molecule has 46 heavy (non-hydrogen) atoms. The van der Waals surface area contributed by atoms with Crippen molar-refractivity contribution in [2.45, 2.75) is 89.7 Å². The number of carbonyl (C=O) groups is 4. The van der Waals surface area contributed by atoms with Gasteiger partial charge in [0.15, 0.2) is 6.04 Å². The summed E-state index contributed by atoms with van der Waals surface area (Å²) in [5, 5.41) is 1.98. The number of para-hydroxylation sites is 1. The SMILES string of the molecule is C[Si](C)(C)CCOC(=O)NN(C(=O)CCc1c[nH]c2ccccc12)[C@@H](CCC(=O)OCc1ccccc1)C(=O)OCC[Si](C)(C)C. The lowest BCUT2D eigenvalue weighted by molar-refractivity contribution is -0.158. The number of fused-ring (bicyclic) bond motifs is 1. The van der Waals surface area contributed by atoms with Crippen molar-refractivity contribution < 1.29 is 33.4 Å². The maximum absolute atomic E-state index is 13.8. The molecule has 12 heteroatoms. The molecule has 2 aromatic carbocycles. The smallest absolute Gasteiger partial charge is 0.426 e. The molecule has 3 aromatic rings. The van der Waals surface area contributed by atoms with E-state index in [0.29, 0.717) is 6.42 Å². The zero-order chi connectivity index (χ0) is 33.7. The largest absolute Gasteiger partial charge is 0.464 e. The van der Waals surface area contributed by atoms with Gasteiger partial charge in [-0.05, 0) is 42.1 Å². The van der Waals surface area contributed by atoms with Crippen LogP contribution < -0.4 is 5.43 Å². The van der Waals surface area contributed by atoms with Crippen LogP contribution in [0.5, 0.6) is 0 Å². The fourth-order valence-electron chi connectivity index (χ4n) is 4.57. The Bertz CT molecular complexity index is 1450. The van der Waals surface area contributed by atoms with Gasteiger partial charge in [0.25, 0.3) is 0 Å². The zero-order valence-electron chi connectivity index (χ0n) is 28.0. The van der Waals surface area contributed by atoms with E-state index >= 15 is 0 Å². The van der Waals surface area contributed by atoms with Crippen LogP contribution in [0.15, 0.2) is 60.8 Å². The molecule has 0 saturated carbocycles. The van der Waals surface area contributed by atoms with E-state index in [4.69, 9.17) is 14.2 Å². The second-order valence-electron chi connectivity index (χ2n) is 13.9. The molecule has 0 fully saturated rings. The van der Waals surface area contributed by atoms with Crippen LogP contribution in [0.3, 0.4) is 0 Å². The molecule has 1 aromatic heterocycles. The van der Waals surface area contributed by atoms with Crippen molar-refractivity contribution in [3.63, 3.8) is 0 Å². The van der Waals surface area contributed by atoms with E-state index < -0.39 is 46.1 Å². The van der Waals surface area contributed by atoms with Gasteiger partial charge in [-0.1, -0.05) is 87.8 Å². The Morgan fingerprint density at radius 2 is 1.43 bits per heavy atom. The number of carbonyl (C=O) groups excluding carboxylic acids is 4. The number of nitrogens with zero attached hydrogens (tertiary/aromatic N) is 1. The van der Waals surface area contributed by atoms with E-state index in [9.17, 15) is 19.2 Å².